The van der Waals surface area contributed by atoms with Gasteiger partial charge >= 0.3 is 24.4 Å². The molecule has 202 valence electrons. The van der Waals surface area contributed by atoms with Crippen LogP contribution in [-0.4, -0.2) is 31.3 Å². The second-order valence-electron chi connectivity index (χ2n) is 9.04. The molecule has 0 aliphatic carbocycles. The Morgan fingerprint density at radius 1 is 0.973 bits per heavy atom. The van der Waals surface area contributed by atoms with E-state index in [1.54, 1.807) is 20.8 Å². The van der Waals surface area contributed by atoms with Crippen LogP contribution in [0.1, 0.15) is 61.3 Å². The first-order valence-corrected chi connectivity index (χ1v) is 11.2. The number of nitrogens with zero attached hydrogens (tertiary/aromatic N) is 1. The molecule has 3 unspecified atom stereocenters. The van der Waals surface area contributed by atoms with Crippen molar-refractivity contribution < 1.29 is 49.8 Å². The largest absolute Gasteiger partial charge is 0.469 e. The highest BCUT2D eigenvalue weighted by Crippen LogP contribution is 2.48. The van der Waals surface area contributed by atoms with E-state index in [2.05, 4.69) is 0 Å². The number of ether oxygens (including phenoxy) is 2. The van der Waals surface area contributed by atoms with Crippen molar-refractivity contribution >= 4 is 17.7 Å². The second-order valence-corrected chi connectivity index (χ2v) is 9.04. The quantitative estimate of drug-likeness (QED) is 0.311. The third kappa shape index (κ3) is 5.99. The Kier molecular flexibility index (Phi) is 7.80. The molecule has 12 heteroatoms. The first-order valence-electron chi connectivity index (χ1n) is 11.2. The summed E-state index contributed by atoms with van der Waals surface area (Å²) in [5.74, 6) is -4.68. The van der Waals surface area contributed by atoms with E-state index in [0.29, 0.717) is 12.1 Å². The van der Waals surface area contributed by atoms with Gasteiger partial charge in [0.15, 0.2) is 0 Å². The Balaban J connectivity index is 2.25. The molecule has 1 amide bonds. The minimum atomic E-state index is -5.14. The average molecular weight is 535 g/mol. The standard InChI is InChI=1S/C25H24F7NO4/c1-12(2)37-23(35)33-13(3)7-19(18-11-17(26)5-6-20(18)33)21(22(34)36-4)14-8-15(24(27,28)29)10-16(9-14)25(30,31)32/h5-6,8-13,19,21H,7H2,1-4H3. The van der Waals surface area contributed by atoms with E-state index < -0.39 is 70.9 Å². The Bertz CT molecular complexity index is 1140. The summed E-state index contributed by atoms with van der Waals surface area (Å²) in [6.07, 6.45) is -11.7. The summed E-state index contributed by atoms with van der Waals surface area (Å²) >= 11 is 0. The molecule has 1 heterocycles. The number of carbonyl (C=O) groups is 2. The van der Waals surface area contributed by atoms with Crippen molar-refractivity contribution in [3.8, 4) is 0 Å². The maximum Gasteiger partial charge on any atom is 0.416 e. The molecule has 0 N–H and O–H groups in total. The number of anilines is 1. The van der Waals surface area contributed by atoms with Crippen molar-refractivity contribution in [3.05, 3.63) is 64.5 Å². The van der Waals surface area contributed by atoms with Gasteiger partial charge in [-0.05, 0) is 74.7 Å². The van der Waals surface area contributed by atoms with Crippen LogP contribution in [0.25, 0.3) is 0 Å². The van der Waals surface area contributed by atoms with Crippen LogP contribution in [0.2, 0.25) is 0 Å². The first kappa shape index (κ1) is 28.3. The second kappa shape index (κ2) is 10.2. The Morgan fingerprint density at radius 3 is 2.03 bits per heavy atom. The maximum absolute atomic E-state index is 14.3. The van der Waals surface area contributed by atoms with Crippen molar-refractivity contribution in [1.29, 1.82) is 0 Å². The molecule has 2 aromatic rings. The number of rotatable bonds is 4. The molecule has 3 atom stereocenters. The fourth-order valence-corrected chi connectivity index (χ4v) is 4.55. The molecule has 0 radical (unpaired) electrons. The molecular formula is C25H24F7NO4. The van der Waals surface area contributed by atoms with Crippen LogP contribution < -0.4 is 4.90 Å². The molecular weight excluding hydrogens is 511 g/mol. The Hall–Kier alpha value is -3.31. The number of benzene rings is 2. The van der Waals surface area contributed by atoms with E-state index in [9.17, 15) is 40.3 Å². The van der Waals surface area contributed by atoms with E-state index >= 15 is 0 Å². The zero-order chi connectivity index (χ0) is 27.9. The number of fused-ring (bicyclic) bond motifs is 1. The Labute approximate surface area is 208 Å². The minimum absolute atomic E-state index is 0.0418. The number of esters is 1. The van der Waals surface area contributed by atoms with Crippen molar-refractivity contribution in [2.75, 3.05) is 12.0 Å². The van der Waals surface area contributed by atoms with Gasteiger partial charge in [0.05, 0.1) is 35.9 Å². The number of methoxy groups -OCH3 is 1. The van der Waals surface area contributed by atoms with Gasteiger partial charge in [-0.2, -0.15) is 26.3 Å². The number of hydrogen-bond acceptors (Lipinski definition) is 4. The number of alkyl halides is 6. The summed E-state index contributed by atoms with van der Waals surface area (Å²) in [4.78, 5) is 26.9. The van der Waals surface area contributed by atoms with E-state index in [1.165, 1.54) is 11.0 Å². The fraction of sp³-hybridized carbons (Fsp3) is 0.440. The fourth-order valence-electron chi connectivity index (χ4n) is 4.55. The average Bonchev–Trinajstić information content (AvgIpc) is 2.77. The highest BCUT2D eigenvalue weighted by atomic mass is 19.4. The van der Waals surface area contributed by atoms with Gasteiger partial charge in [-0.25, -0.2) is 9.18 Å². The highest BCUT2D eigenvalue weighted by Gasteiger charge is 2.44. The van der Waals surface area contributed by atoms with Crippen LogP contribution in [0, 0.1) is 5.82 Å². The molecule has 0 spiro atoms. The molecule has 37 heavy (non-hydrogen) atoms. The molecule has 0 saturated carbocycles. The van der Waals surface area contributed by atoms with Crippen LogP contribution in [0.15, 0.2) is 36.4 Å². The SMILES string of the molecule is COC(=O)C(c1cc(C(F)(F)F)cc(C(F)(F)F)c1)C1CC(C)N(C(=O)OC(C)C)c2ccc(F)cc21. The molecule has 1 aliphatic rings. The van der Waals surface area contributed by atoms with Crippen LogP contribution in [0.4, 0.5) is 41.2 Å². The van der Waals surface area contributed by atoms with Gasteiger partial charge in [0.1, 0.15) is 5.82 Å². The highest BCUT2D eigenvalue weighted by molar-refractivity contribution is 5.91. The summed E-state index contributed by atoms with van der Waals surface area (Å²) < 4.78 is 106. The van der Waals surface area contributed by atoms with Gasteiger partial charge < -0.3 is 9.47 Å². The summed E-state index contributed by atoms with van der Waals surface area (Å²) in [6.45, 7) is 4.79. The summed E-state index contributed by atoms with van der Waals surface area (Å²) in [5, 5.41) is 0. The zero-order valence-corrected chi connectivity index (χ0v) is 20.2. The van der Waals surface area contributed by atoms with E-state index in [-0.39, 0.29) is 23.7 Å². The van der Waals surface area contributed by atoms with Crippen LogP contribution in [-0.2, 0) is 26.6 Å². The molecule has 3 rings (SSSR count). The first-order chi connectivity index (χ1) is 17.0. The molecule has 2 aromatic carbocycles. The normalized spacial score (nSPS) is 18.9. The molecule has 0 aromatic heterocycles. The van der Waals surface area contributed by atoms with Crippen molar-refractivity contribution in [2.45, 2.75) is 63.5 Å². The summed E-state index contributed by atoms with van der Waals surface area (Å²) in [7, 11) is 0.943. The van der Waals surface area contributed by atoms with E-state index in [0.717, 1.165) is 19.2 Å². The van der Waals surface area contributed by atoms with Crippen molar-refractivity contribution in [3.63, 3.8) is 0 Å². The maximum atomic E-state index is 14.3. The smallest absolute Gasteiger partial charge is 0.416 e. The van der Waals surface area contributed by atoms with Crippen molar-refractivity contribution in [2.24, 2.45) is 0 Å². The molecule has 5 nitrogen and oxygen atoms in total. The summed E-state index contributed by atoms with van der Waals surface area (Å²) in [5.41, 5.74) is -3.64. The van der Waals surface area contributed by atoms with E-state index in [1.807, 2.05) is 0 Å². The van der Waals surface area contributed by atoms with Crippen LogP contribution in [0.5, 0.6) is 0 Å². The monoisotopic (exact) mass is 535 g/mol. The third-order valence-corrected chi connectivity index (χ3v) is 6.04. The number of amides is 1. The lowest BCUT2D eigenvalue weighted by Gasteiger charge is -2.41. The zero-order valence-electron chi connectivity index (χ0n) is 20.2. The van der Waals surface area contributed by atoms with E-state index in [4.69, 9.17) is 9.47 Å². The minimum Gasteiger partial charge on any atom is -0.469 e. The molecule has 0 bridgehead atoms. The predicted molar refractivity (Wildman–Crippen MR) is 119 cm³/mol. The van der Waals surface area contributed by atoms with Crippen LogP contribution in [0.3, 0.4) is 0 Å². The molecule has 0 saturated heterocycles. The topological polar surface area (TPSA) is 55.8 Å². The van der Waals surface area contributed by atoms with Gasteiger partial charge in [-0.15, -0.1) is 0 Å². The van der Waals surface area contributed by atoms with Gasteiger partial charge in [0.2, 0.25) is 0 Å². The van der Waals surface area contributed by atoms with Gasteiger partial charge in [0.25, 0.3) is 0 Å². The van der Waals surface area contributed by atoms with Crippen molar-refractivity contribution in [1.82, 2.24) is 0 Å². The molecule has 0 fully saturated rings. The van der Waals surface area contributed by atoms with Gasteiger partial charge in [0, 0.05) is 12.0 Å². The third-order valence-electron chi connectivity index (χ3n) is 6.04. The number of hydrogen-bond donors (Lipinski definition) is 0. The number of carbonyl (C=O) groups excluding carboxylic acids is 2. The lowest BCUT2D eigenvalue weighted by molar-refractivity contribution is -0.145. The Morgan fingerprint density at radius 2 is 1.54 bits per heavy atom. The van der Waals surface area contributed by atoms with Gasteiger partial charge in [-0.3, -0.25) is 9.69 Å². The number of halogens is 7. The predicted octanol–water partition coefficient (Wildman–Crippen LogP) is 7.05. The summed E-state index contributed by atoms with van der Waals surface area (Å²) in [6, 6.07) is 3.45. The van der Waals surface area contributed by atoms with Gasteiger partial charge in [-0.1, -0.05) is 0 Å². The lowest BCUT2D eigenvalue weighted by Crippen LogP contribution is -2.45. The molecule has 1 aliphatic heterocycles. The lowest BCUT2D eigenvalue weighted by atomic mass is 9.74. The van der Waals surface area contributed by atoms with Crippen LogP contribution >= 0.6 is 0 Å².